The number of nitrogens with zero attached hydrogens (tertiary/aromatic N) is 3. The number of hydrogen-bond donors (Lipinski definition) is 1. The zero-order chi connectivity index (χ0) is 26.9. The Bertz CT molecular complexity index is 1510. The van der Waals surface area contributed by atoms with Crippen LogP contribution in [0.25, 0.3) is 5.69 Å². The molecule has 1 aliphatic carbocycles. The fourth-order valence-electron chi connectivity index (χ4n) is 5.24. The van der Waals surface area contributed by atoms with Crippen LogP contribution in [0.1, 0.15) is 37.1 Å². The van der Waals surface area contributed by atoms with Crippen LogP contribution in [0.5, 0.6) is 5.75 Å². The van der Waals surface area contributed by atoms with E-state index in [2.05, 4.69) is 9.88 Å². The molecule has 1 atom stereocenters. The van der Waals surface area contributed by atoms with Crippen LogP contribution in [0, 0.1) is 5.82 Å². The van der Waals surface area contributed by atoms with Gasteiger partial charge in [-0.2, -0.15) is 0 Å². The molecule has 1 saturated carbocycles. The highest BCUT2D eigenvalue weighted by molar-refractivity contribution is 6.02. The number of benzene rings is 3. The molecular weight excluding hydrogens is 495 g/mol. The summed E-state index contributed by atoms with van der Waals surface area (Å²) in [4.78, 5) is 31.1. The number of aromatic nitrogens is 1. The number of halogens is 1. The van der Waals surface area contributed by atoms with E-state index in [1.807, 2.05) is 61.7 Å². The summed E-state index contributed by atoms with van der Waals surface area (Å²) >= 11 is 0. The Labute approximate surface area is 226 Å². The van der Waals surface area contributed by atoms with Crippen molar-refractivity contribution in [3.05, 3.63) is 108 Å². The van der Waals surface area contributed by atoms with E-state index in [4.69, 9.17) is 4.74 Å². The Morgan fingerprint density at radius 2 is 1.67 bits per heavy atom. The molecule has 4 aromatic rings. The number of rotatable bonds is 7. The van der Waals surface area contributed by atoms with Gasteiger partial charge in [0.05, 0.1) is 29.4 Å². The van der Waals surface area contributed by atoms with Crippen molar-refractivity contribution >= 4 is 23.3 Å². The minimum absolute atomic E-state index is 0.0126. The molecule has 1 unspecified atom stereocenters. The molecule has 2 aliphatic rings. The Balaban J connectivity index is 1.34. The first-order valence-corrected chi connectivity index (χ1v) is 13.2. The van der Waals surface area contributed by atoms with Gasteiger partial charge in [-0.1, -0.05) is 36.4 Å². The minimum atomic E-state index is -0.481. The van der Waals surface area contributed by atoms with Crippen LogP contribution < -0.4 is 15.0 Å². The van der Waals surface area contributed by atoms with Crippen molar-refractivity contribution in [2.24, 2.45) is 0 Å². The zero-order valence-corrected chi connectivity index (χ0v) is 21.6. The lowest BCUT2D eigenvalue weighted by Crippen LogP contribution is -2.48. The highest BCUT2D eigenvalue weighted by Crippen LogP contribution is 2.42. The van der Waals surface area contributed by atoms with Gasteiger partial charge in [0, 0.05) is 12.2 Å². The van der Waals surface area contributed by atoms with Crippen LogP contribution in [0.4, 0.5) is 20.6 Å². The first-order chi connectivity index (χ1) is 19.0. The second-order valence-corrected chi connectivity index (χ2v) is 9.73. The SMILES string of the molecule is CCOc1ccccc1NC(=O)N(CC(=O)N1c2ccccc2-n2cccc2C1c1ccc(F)cc1)C1CC1. The fourth-order valence-corrected chi connectivity index (χ4v) is 5.24. The maximum Gasteiger partial charge on any atom is 0.322 e. The number of urea groups is 1. The minimum Gasteiger partial charge on any atom is -0.492 e. The van der Waals surface area contributed by atoms with E-state index in [1.165, 1.54) is 12.1 Å². The number of nitrogens with one attached hydrogen (secondary N) is 1. The second-order valence-electron chi connectivity index (χ2n) is 9.73. The monoisotopic (exact) mass is 524 g/mol. The summed E-state index contributed by atoms with van der Waals surface area (Å²) in [5.74, 6) is 0.0222. The van der Waals surface area contributed by atoms with Crippen molar-refractivity contribution in [3.63, 3.8) is 0 Å². The van der Waals surface area contributed by atoms with E-state index in [0.29, 0.717) is 18.0 Å². The molecule has 198 valence electrons. The summed E-state index contributed by atoms with van der Waals surface area (Å²) in [6.45, 7) is 2.26. The van der Waals surface area contributed by atoms with E-state index in [1.54, 1.807) is 34.1 Å². The zero-order valence-electron chi connectivity index (χ0n) is 21.6. The Hall–Kier alpha value is -4.59. The van der Waals surface area contributed by atoms with E-state index < -0.39 is 6.04 Å². The van der Waals surface area contributed by atoms with Gasteiger partial charge in [-0.05, 0) is 73.9 Å². The maximum absolute atomic E-state index is 14.2. The number of amides is 3. The van der Waals surface area contributed by atoms with Crippen LogP contribution in [-0.4, -0.2) is 40.6 Å². The van der Waals surface area contributed by atoms with Crippen LogP contribution in [-0.2, 0) is 4.79 Å². The van der Waals surface area contributed by atoms with Crippen LogP contribution in [0.3, 0.4) is 0 Å². The van der Waals surface area contributed by atoms with Crippen LogP contribution in [0.2, 0.25) is 0 Å². The summed E-state index contributed by atoms with van der Waals surface area (Å²) in [7, 11) is 0. The van der Waals surface area contributed by atoms with Crippen LogP contribution >= 0.6 is 0 Å². The maximum atomic E-state index is 14.2. The van der Waals surface area contributed by atoms with Gasteiger partial charge in [0.1, 0.15) is 24.2 Å². The summed E-state index contributed by atoms with van der Waals surface area (Å²) in [6, 6.07) is 24.3. The molecule has 8 heteroatoms. The number of ether oxygens (including phenoxy) is 1. The molecule has 1 N–H and O–H groups in total. The predicted octanol–water partition coefficient (Wildman–Crippen LogP) is 6.15. The molecule has 6 rings (SSSR count). The van der Waals surface area contributed by atoms with Crippen molar-refractivity contribution in [2.45, 2.75) is 31.8 Å². The van der Waals surface area contributed by atoms with E-state index in [0.717, 1.165) is 35.5 Å². The van der Waals surface area contributed by atoms with Gasteiger partial charge in [-0.3, -0.25) is 9.69 Å². The van der Waals surface area contributed by atoms with Crippen LogP contribution in [0.15, 0.2) is 91.1 Å². The standard InChI is InChI=1S/C31H29FN4O3/c1-2-39-28-12-6-3-8-24(28)33-31(38)35(23-17-18-23)20-29(37)36-26-10-5-4-9-25(26)34-19-7-11-27(34)30(36)21-13-15-22(32)16-14-21/h3-16,19,23,30H,2,17-18,20H2,1H3,(H,33,38). The quantitative estimate of drug-likeness (QED) is 0.316. The summed E-state index contributed by atoms with van der Waals surface area (Å²) in [5.41, 5.74) is 3.84. The van der Waals surface area contributed by atoms with Crippen molar-refractivity contribution < 1.29 is 18.7 Å². The molecule has 7 nitrogen and oxygen atoms in total. The Morgan fingerprint density at radius 3 is 2.41 bits per heavy atom. The summed E-state index contributed by atoms with van der Waals surface area (Å²) in [6.07, 6.45) is 3.65. The molecule has 39 heavy (non-hydrogen) atoms. The lowest BCUT2D eigenvalue weighted by molar-refractivity contribution is -0.119. The third kappa shape index (κ3) is 4.74. The van der Waals surface area contributed by atoms with Crippen molar-refractivity contribution in [2.75, 3.05) is 23.4 Å². The van der Waals surface area contributed by atoms with Crippen molar-refractivity contribution in [1.29, 1.82) is 0 Å². The number of anilines is 2. The molecule has 3 aromatic carbocycles. The molecule has 0 radical (unpaired) electrons. The van der Waals surface area contributed by atoms with E-state index in [9.17, 15) is 14.0 Å². The number of hydrogen-bond acceptors (Lipinski definition) is 3. The number of carbonyl (C=O) groups excluding carboxylic acids is 2. The van der Waals surface area contributed by atoms with Gasteiger partial charge in [0.25, 0.3) is 0 Å². The van der Waals surface area contributed by atoms with E-state index in [-0.39, 0.29) is 30.3 Å². The fraction of sp³-hybridized carbons (Fsp3) is 0.226. The normalized spacial score (nSPS) is 15.7. The lowest BCUT2D eigenvalue weighted by atomic mass is 9.97. The summed E-state index contributed by atoms with van der Waals surface area (Å²) in [5, 5.41) is 2.95. The lowest BCUT2D eigenvalue weighted by Gasteiger charge is -2.39. The molecule has 0 spiro atoms. The van der Waals surface area contributed by atoms with Crippen molar-refractivity contribution in [1.82, 2.24) is 9.47 Å². The molecule has 1 aromatic heterocycles. The van der Waals surface area contributed by atoms with Gasteiger partial charge in [-0.25, -0.2) is 9.18 Å². The summed E-state index contributed by atoms with van der Waals surface area (Å²) < 4.78 is 21.6. The largest absolute Gasteiger partial charge is 0.492 e. The van der Waals surface area contributed by atoms with Gasteiger partial charge in [-0.15, -0.1) is 0 Å². The topological polar surface area (TPSA) is 66.8 Å². The van der Waals surface area contributed by atoms with E-state index >= 15 is 0 Å². The van der Waals surface area contributed by atoms with Gasteiger partial charge >= 0.3 is 6.03 Å². The predicted molar refractivity (Wildman–Crippen MR) is 148 cm³/mol. The average Bonchev–Trinajstić information content (AvgIpc) is 3.67. The molecule has 1 fully saturated rings. The molecular formula is C31H29FN4O3. The highest BCUT2D eigenvalue weighted by Gasteiger charge is 2.40. The average molecular weight is 525 g/mol. The second kappa shape index (κ2) is 10.3. The smallest absolute Gasteiger partial charge is 0.322 e. The molecule has 0 saturated heterocycles. The number of fused-ring (bicyclic) bond motifs is 3. The number of carbonyl (C=O) groups is 2. The molecule has 3 amide bonds. The number of para-hydroxylation sites is 4. The molecule has 2 heterocycles. The first-order valence-electron chi connectivity index (χ1n) is 13.2. The third-order valence-corrected chi connectivity index (χ3v) is 7.16. The molecule has 1 aliphatic heterocycles. The van der Waals surface area contributed by atoms with Gasteiger partial charge < -0.3 is 19.5 Å². The Morgan fingerprint density at radius 1 is 0.949 bits per heavy atom. The molecule has 0 bridgehead atoms. The van der Waals surface area contributed by atoms with Gasteiger partial charge in [0.15, 0.2) is 0 Å². The van der Waals surface area contributed by atoms with Crippen molar-refractivity contribution in [3.8, 4) is 11.4 Å². The first kappa shape index (κ1) is 24.7. The van der Waals surface area contributed by atoms with Gasteiger partial charge in [0.2, 0.25) is 5.91 Å². The highest BCUT2D eigenvalue weighted by atomic mass is 19.1. The third-order valence-electron chi connectivity index (χ3n) is 7.16. The Kier molecular flexibility index (Phi) is 6.52.